The van der Waals surface area contributed by atoms with Crippen LogP contribution in [-0.4, -0.2) is 74.2 Å². The second-order valence-electron chi connectivity index (χ2n) is 9.18. The SMILES string of the molecule is O=S(=O)(c1ccc(NC(=S)NCC2(N3CCCCC3)CCCCC2)cc1)N1CCOCC1. The van der Waals surface area contributed by atoms with E-state index in [0.29, 0.717) is 36.3 Å². The van der Waals surface area contributed by atoms with Crippen LogP contribution >= 0.6 is 12.2 Å². The van der Waals surface area contributed by atoms with Crippen molar-refractivity contribution in [3.63, 3.8) is 0 Å². The van der Waals surface area contributed by atoms with Gasteiger partial charge in [-0.05, 0) is 75.3 Å². The Bertz CT molecular complexity index is 858. The molecular formula is C23H36N4O3S2. The number of anilines is 1. The molecule has 3 fully saturated rings. The van der Waals surface area contributed by atoms with Crippen LogP contribution in [0.4, 0.5) is 5.69 Å². The molecule has 1 aliphatic carbocycles. The first-order valence-electron chi connectivity index (χ1n) is 12.0. The van der Waals surface area contributed by atoms with Crippen LogP contribution < -0.4 is 10.6 Å². The Kier molecular flexibility index (Phi) is 8.04. The fraction of sp³-hybridized carbons (Fsp3) is 0.696. The highest BCUT2D eigenvalue weighted by atomic mass is 32.2. The topological polar surface area (TPSA) is 73.9 Å². The monoisotopic (exact) mass is 480 g/mol. The van der Waals surface area contributed by atoms with Crippen molar-refractivity contribution in [2.75, 3.05) is 51.3 Å². The van der Waals surface area contributed by atoms with Gasteiger partial charge in [0, 0.05) is 30.9 Å². The zero-order valence-corrected chi connectivity index (χ0v) is 20.5. The zero-order valence-electron chi connectivity index (χ0n) is 18.9. The quantitative estimate of drug-likeness (QED) is 0.606. The molecule has 178 valence electrons. The summed E-state index contributed by atoms with van der Waals surface area (Å²) in [6.45, 7) is 4.93. The third-order valence-corrected chi connectivity index (χ3v) is 9.27. The van der Waals surface area contributed by atoms with Crippen molar-refractivity contribution >= 4 is 33.0 Å². The van der Waals surface area contributed by atoms with E-state index in [0.717, 1.165) is 12.2 Å². The summed E-state index contributed by atoms with van der Waals surface area (Å²) in [5.41, 5.74) is 1.000. The minimum atomic E-state index is -3.48. The summed E-state index contributed by atoms with van der Waals surface area (Å²) in [6, 6.07) is 6.85. The number of sulfonamides is 1. The number of hydrogen-bond donors (Lipinski definition) is 2. The van der Waals surface area contributed by atoms with Crippen molar-refractivity contribution in [1.82, 2.24) is 14.5 Å². The van der Waals surface area contributed by atoms with Gasteiger partial charge in [0.25, 0.3) is 0 Å². The maximum atomic E-state index is 12.8. The number of nitrogens with zero attached hydrogens (tertiary/aromatic N) is 2. The minimum Gasteiger partial charge on any atom is -0.379 e. The smallest absolute Gasteiger partial charge is 0.243 e. The van der Waals surface area contributed by atoms with Crippen LogP contribution in [0, 0.1) is 0 Å². The van der Waals surface area contributed by atoms with Crippen LogP contribution in [-0.2, 0) is 14.8 Å². The summed E-state index contributed by atoms with van der Waals surface area (Å²) >= 11 is 5.58. The molecule has 1 aromatic carbocycles. The van der Waals surface area contributed by atoms with E-state index in [1.807, 2.05) is 0 Å². The largest absolute Gasteiger partial charge is 0.379 e. The summed E-state index contributed by atoms with van der Waals surface area (Å²) in [6.07, 6.45) is 10.3. The summed E-state index contributed by atoms with van der Waals surface area (Å²) < 4.78 is 32.3. The first-order valence-corrected chi connectivity index (χ1v) is 13.8. The molecule has 1 saturated carbocycles. The molecule has 9 heteroatoms. The Labute approximate surface area is 197 Å². The summed E-state index contributed by atoms with van der Waals surface area (Å²) in [7, 11) is -3.48. The second-order valence-corrected chi connectivity index (χ2v) is 11.5. The third kappa shape index (κ3) is 5.62. The lowest BCUT2D eigenvalue weighted by atomic mass is 9.79. The van der Waals surface area contributed by atoms with Crippen molar-refractivity contribution < 1.29 is 13.2 Å². The second kappa shape index (κ2) is 10.8. The Hall–Kier alpha value is -1.26. The Morgan fingerprint density at radius 2 is 1.56 bits per heavy atom. The predicted molar refractivity (Wildman–Crippen MR) is 131 cm³/mol. The van der Waals surface area contributed by atoms with Crippen LogP contribution in [0.5, 0.6) is 0 Å². The van der Waals surface area contributed by atoms with E-state index in [-0.39, 0.29) is 5.54 Å². The van der Waals surface area contributed by atoms with Crippen molar-refractivity contribution in [3.05, 3.63) is 24.3 Å². The van der Waals surface area contributed by atoms with Gasteiger partial charge in [-0.15, -0.1) is 0 Å². The van der Waals surface area contributed by atoms with Gasteiger partial charge in [0.1, 0.15) is 0 Å². The van der Waals surface area contributed by atoms with Gasteiger partial charge >= 0.3 is 0 Å². The van der Waals surface area contributed by atoms with E-state index >= 15 is 0 Å². The first kappa shape index (κ1) is 23.9. The van der Waals surface area contributed by atoms with Gasteiger partial charge < -0.3 is 15.4 Å². The van der Waals surface area contributed by atoms with Gasteiger partial charge in [-0.2, -0.15) is 4.31 Å². The number of hydrogen-bond acceptors (Lipinski definition) is 5. The summed E-state index contributed by atoms with van der Waals surface area (Å²) in [4.78, 5) is 3.01. The molecule has 1 aromatic rings. The van der Waals surface area contributed by atoms with E-state index in [2.05, 4.69) is 15.5 Å². The third-order valence-electron chi connectivity index (χ3n) is 7.11. The maximum absolute atomic E-state index is 12.8. The van der Waals surface area contributed by atoms with E-state index in [1.54, 1.807) is 24.3 Å². The molecule has 2 N–H and O–H groups in total. The first-order chi connectivity index (χ1) is 15.5. The van der Waals surface area contributed by atoms with Crippen molar-refractivity contribution in [3.8, 4) is 0 Å². The number of nitrogens with one attached hydrogen (secondary N) is 2. The van der Waals surface area contributed by atoms with Gasteiger partial charge in [0.2, 0.25) is 10.0 Å². The van der Waals surface area contributed by atoms with Crippen molar-refractivity contribution in [2.24, 2.45) is 0 Å². The van der Waals surface area contributed by atoms with E-state index in [4.69, 9.17) is 17.0 Å². The molecule has 0 unspecified atom stereocenters. The average Bonchev–Trinajstić information content (AvgIpc) is 2.85. The number of benzene rings is 1. The van der Waals surface area contributed by atoms with Crippen LogP contribution in [0.25, 0.3) is 0 Å². The average molecular weight is 481 g/mol. The number of morpholine rings is 1. The van der Waals surface area contributed by atoms with Crippen LogP contribution in [0.3, 0.4) is 0 Å². The van der Waals surface area contributed by atoms with Crippen LogP contribution in [0.15, 0.2) is 29.2 Å². The van der Waals surface area contributed by atoms with Crippen molar-refractivity contribution in [2.45, 2.75) is 61.8 Å². The number of ether oxygens (including phenoxy) is 1. The number of likely N-dealkylation sites (tertiary alicyclic amines) is 1. The van der Waals surface area contributed by atoms with Crippen LogP contribution in [0.1, 0.15) is 51.4 Å². The summed E-state index contributed by atoms with van der Waals surface area (Å²) in [5.74, 6) is 0. The van der Waals surface area contributed by atoms with Gasteiger partial charge in [-0.3, -0.25) is 4.90 Å². The fourth-order valence-electron chi connectivity index (χ4n) is 5.25. The Balaban J connectivity index is 1.34. The normalized spacial score (nSPS) is 22.9. The molecule has 4 rings (SSSR count). The molecule has 2 heterocycles. The predicted octanol–water partition coefficient (Wildman–Crippen LogP) is 3.18. The lowest BCUT2D eigenvalue weighted by Gasteiger charge is -2.48. The molecular weight excluding hydrogens is 444 g/mol. The molecule has 0 atom stereocenters. The molecule has 7 nitrogen and oxygen atoms in total. The number of thiocarbonyl (C=S) groups is 1. The molecule has 0 bridgehead atoms. The van der Waals surface area contributed by atoms with E-state index < -0.39 is 10.0 Å². The molecule has 2 saturated heterocycles. The highest BCUT2D eigenvalue weighted by Gasteiger charge is 2.38. The van der Waals surface area contributed by atoms with Crippen molar-refractivity contribution in [1.29, 1.82) is 0 Å². The minimum absolute atomic E-state index is 0.209. The standard InChI is InChI=1S/C23H36N4O3S2/c28-32(29,27-15-17-30-18-16-27)21-9-7-20(8-10-21)25-22(31)24-19-23(11-3-1-4-12-23)26-13-5-2-6-14-26/h7-10H,1-6,11-19H2,(H2,24,25,31). The Morgan fingerprint density at radius 1 is 0.938 bits per heavy atom. The maximum Gasteiger partial charge on any atom is 0.243 e. The van der Waals surface area contributed by atoms with Gasteiger partial charge in [-0.25, -0.2) is 8.42 Å². The lowest BCUT2D eigenvalue weighted by Crippen LogP contribution is -2.58. The number of rotatable bonds is 6. The summed E-state index contributed by atoms with van der Waals surface area (Å²) in [5, 5.41) is 7.30. The molecule has 0 radical (unpaired) electrons. The molecule has 0 aromatic heterocycles. The molecule has 0 amide bonds. The van der Waals surface area contributed by atoms with E-state index in [1.165, 1.54) is 68.8 Å². The molecule has 32 heavy (non-hydrogen) atoms. The van der Waals surface area contributed by atoms with Crippen LogP contribution in [0.2, 0.25) is 0 Å². The lowest BCUT2D eigenvalue weighted by molar-refractivity contribution is 0.0371. The van der Waals surface area contributed by atoms with E-state index in [9.17, 15) is 8.42 Å². The van der Waals surface area contributed by atoms with Gasteiger partial charge in [0.15, 0.2) is 5.11 Å². The fourth-order valence-corrected chi connectivity index (χ4v) is 6.85. The van der Waals surface area contributed by atoms with Gasteiger partial charge in [-0.1, -0.05) is 25.7 Å². The zero-order chi connectivity index (χ0) is 22.4. The molecule has 3 aliphatic rings. The Morgan fingerprint density at radius 3 is 2.22 bits per heavy atom. The van der Waals surface area contributed by atoms with Gasteiger partial charge in [0.05, 0.1) is 18.1 Å². The molecule has 0 spiro atoms. The number of piperidine rings is 1. The highest BCUT2D eigenvalue weighted by molar-refractivity contribution is 7.89. The molecule has 2 aliphatic heterocycles. The highest BCUT2D eigenvalue weighted by Crippen LogP contribution is 2.35.